The molecule has 4 aliphatic rings. The Bertz CT molecular complexity index is 1080. The summed E-state index contributed by atoms with van der Waals surface area (Å²) in [6.45, 7) is 7.38. The number of rotatable bonds is 6. The lowest BCUT2D eigenvalue weighted by Crippen LogP contribution is -2.70. The van der Waals surface area contributed by atoms with E-state index < -0.39 is 82.2 Å². The minimum absolute atomic E-state index is 0.0137. The second-order valence-corrected chi connectivity index (χ2v) is 11.7. The Balaban J connectivity index is 1.77. The van der Waals surface area contributed by atoms with Gasteiger partial charge in [0.25, 0.3) is 0 Å². The number of ether oxygens (including phenoxy) is 2. The second-order valence-electron chi connectivity index (χ2n) is 11.7. The molecule has 8 atom stereocenters. The average molecular weight is 523 g/mol. The highest BCUT2D eigenvalue weighted by Gasteiger charge is 2.76. The van der Waals surface area contributed by atoms with Crippen molar-refractivity contribution in [2.75, 3.05) is 6.61 Å². The maximum atomic E-state index is 17.3. The van der Waals surface area contributed by atoms with Gasteiger partial charge in [-0.25, -0.2) is 8.78 Å². The number of hydrogen-bond donors (Lipinski definition) is 1. The van der Waals surface area contributed by atoms with Crippen molar-refractivity contribution in [2.24, 2.45) is 28.6 Å². The van der Waals surface area contributed by atoms with Gasteiger partial charge in [0.05, 0.1) is 12.0 Å². The van der Waals surface area contributed by atoms with E-state index in [2.05, 4.69) is 0 Å². The fourth-order valence-corrected chi connectivity index (χ4v) is 7.56. The first-order chi connectivity index (χ1) is 17.2. The predicted octanol–water partition coefficient (Wildman–Crippen LogP) is 3.77. The van der Waals surface area contributed by atoms with Crippen molar-refractivity contribution < 1.29 is 42.5 Å². The molecule has 37 heavy (non-hydrogen) atoms. The molecule has 0 heterocycles. The van der Waals surface area contributed by atoms with Crippen molar-refractivity contribution in [3.63, 3.8) is 0 Å². The van der Waals surface area contributed by atoms with E-state index in [-0.39, 0.29) is 37.7 Å². The Hall–Kier alpha value is -2.42. The summed E-state index contributed by atoms with van der Waals surface area (Å²) in [7, 11) is 0. The summed E-state index contributed by atoms with van der Waals surface area (Å²) in [6.07, 6.45) is 0.208. The van der Waals surface area contributed by atoms with Crippen LogP contribution in [0.4, 0.5) is 8.78 Å². The van der Waals surface area contributed by atoms with Crippen molar-refractivity contribution in [3.8, 4) is 0 Å². The highest BCUT2D eigenvalue weighted by molar-refractivity contribution is 6.01. The molecule has 0 amide bonds. The first kappa shape index (κ1) is 27.6. The highest BCUT2D eigenvalue weighted by atomic mass is 19.1. The van der Waals surface area contributed by atoms with E-state index in [1.165, 1.54) is 19.1 Å². The summed E-state index contributed by atoms with van der Waals surface area (Å²) in [6, 6.07) is 0. The molecule has 1 N–H and O–H groups in total. The van der Waals surface area contributed by atoms with E-state index in [9.17, 15) is 24.3 Å². The average Bonchev–Trinajstić information content (AvgIpc) is 3.12. The number of carbonyl (C=O) groups excluding carboxylic acids is 4. The van der Waals surface area contributed by atoms with Crippen molar-refractivity contribution in [2.45, 2.75) is 90.3 Å². The summed E-state index contributed by atoms with van der Waals surface area (Å²) in [5, 5.41) is 11.4. The van der Waals surface area contributed by atoms with Crippen LogP contribution in [0.3, 0.4) is 0 Å². The van der Waals surface area contributed by atoms with E-state index in [1.54, 1.807) is 27.7 Å². The molecule has 9 heteroatoms. The number of fused-ring (bicyclic) bond motifs is 5. The summed E-state index contributed by atoms with van der Waals surface area (Å²) in [5.74, 6) is -4.39. The fourth-order valence-electron chi connectivity index (χ4n) is 7.56. The SMILES string of the molecule is CCC(=O)O[C@]1(C(=O)COC(=O)C(C)C)CCC2C3C[C@H](F)C4=CC(=O)C=CC4(C)[C@@]3(F)C(O)CC21C. The smallest absolute Gasteiger partial charge is 0.308 e. The van der Waals surface area contributed by atoms with Gasteiger partial charge in [0.1, 0.15) is 6.17 Å². The Kier molecular flexibility index (Phi) is 6.79. The molecular weight excluding hydrogens is 486 g/mol. The lowest BCUT2D eigenvalue weighted by atomic mass is 9.44. The molecule has 0 spiro atoms. The van der Waals surface area contributed by atoms with E-state index in [1.807, 2.05) is 0 Å². The van der Waals surface area contributed by atoms with Crippen LogP contribution in [0.25, 0.3) is 0 Å². The molecule has 0 radical (unpaired) electrons. The Labute approximate surface area is 215 Å². The number of Topliss-reactive ketones (excluding diaryl/α,β-unsaturated/α-hetero) is 1. The maximum Gasteiger partial charge on any atom is 0.308 e. The third-order valence-corrected chi connectivity index (χ3v) is 9.59. The highest BCUT2D eigenvalue weighted by Crippen LogP contribution is 2.70. The van der Waals surface area contributed by atoms with E-state index in [4.69, 9.17) is 9.47 Å². The Morgan fingerprint density at radius 1 is 1.22 bits per heavy atom. The van der Waals surface area contributed by atoms with Crippen LogP contribution in [-0.4, -0.2) is 58.8 Å². The molecule has 0 saturated heterocycles. The fraction of sp³-hybridized carbons (Fsp3) is 0.714. The van der Waals surface area contributed by atoms with Gasteiger partial charge in [-0.2, -0.15) is 0 Å². The number of ketones is 2. The molecule has 0 aromatic rings. The van der Waals surface area contributed by atoms with Crippen molar-refractivity contribution in [1.29, 1.82) is 0 Å². The number of hydrogen-bond acceptors (Lipinski definition) is 7. The van der Waals surface area contributed by atoms with Gasteiger partial charge in [0.15, 0.2) is 23.7 Å². The first-order valence-corrected chi connectivity index (χ1v) is 13.1. The number of carbonyl (C=O) groups is 4. The third-order valence-electron chi connectivity index (χ3n) is 9.59. The molecule has 204 valence electrons. The van der Waals surface area contributed by atoms with Gasteiger partial charge in [-0.3, -0.25) is 19.2 Å². The van der Waals surface area contributed by atoms with Gasteiger partial charge in [-0.05, 0) is 56.3 Å². The maximum absolute atomic E-state index is 17.3. The van der Waals surface area contributed by atoms with Crippen LogP contribution in [0.1, 0.15) is 66.7 Å². The van der Waals surface area contributed by atoms with Crippen molar-refractivity contribution in [1.82, 2.24) is 0 Å². The Morgan fingerprint density at radius 2 is 1.89 bits per heavy atom. The van der Waals surface area contributed by atoms with Crippen molar-refractivity contribution >= 4 is 23.5 Å². The largest absolute Gasteiger partial charge is 0.457 e. The minimum Gasteiger partial charge on any atom is -0.457 e. The van der Waals surface area contributed by atoms with Gasteiger partial charge >= 0.3 is 11.9 Å². The van der Waals surface area contributed by atoms with E-state index in [0.717, 1.165) is 6.08 Å². The van der Waals surface area contributed by atoms with Crippen LogP contribution in [0, 0.1) is 28.6 Å². The van der Waals surface area contributed by atoms with Gasteiger partial charge < -0.3 is 14.6 Å². The molecule has 4 aliphatic carbocycles. The van der Waals surface area contributed by atoms with Crippen LogP contribution in [-0.2, 0) is 28.7 Å². The first-order valence-electron chi connectivity index (χ1n) is 13.1. The number of esters is 2. The molecule has 4 rings (SSSR count). The van der Waals surface area contributed by atoms with E-state index >= 15 is 8.78 Å². The minimum atomic E-state index is -2.30. The summed E-state index contributed by atoms with van der Waals surface area (Å²) in [5.41, 5.74) is -6.83. The zero-order chi connectivity index (χ0) is 27.6. The lowest BCUT2D eigenvalue weighted by Gasteiger charge is -2.63. The molecule has 0 aromatic heterocycles. The predicted molar refractivity (Wildman–Crippen MR) is 129 cm³/mol. The molecular formula is C28H36F2O7. The van der Waals surface area contributed by atoms with Crippen molar-refractivity contribution in [3.05, 3.63) is 23.8 Å². The number of aliphatic hydroxyl groups excluding tert-OH is 1. The van der Waals surface area contributed by atoms with Crippen LogP contribution in [0.2, 0.25) is 0 Å². The van der Waals surface area contributed by atoms with Crippen LogP contribution in [0.15, 0.2) is 23.8 Å². The van der Waals surface area contributed by atoms with Gasteiger partial charge in [0.2, 0.25) is 5.78 Å². The standard InChI is InChI=1S/C28H36F2O7/c1-6-23(34)37-27(22(33)14-36-24(35)15(2)3)10-8-17-18-12-20(29)19-11-16(31)7-9-25(19,4)28(18,30)21(32)13-26(17,27)5/h7,9,11,15,17-18,20-21,32H,6,8,10,12-14H2,1-5H3/t17?,18?,20-,21?,25?,26?,27-,28-/m0/s1. The number of allylic oxidation sites excluding steroid dienone is 4. The second kappa shape index (κ2) is 9.10. The van der Waals surface area contributed by atoms with Gasteiger partial charge in [-0.1, -0.05) is 33.8 Å². The van der Waals surface area contributed by atoms with Gasteiger partial charge in [0, 0.05) is 23.2 Å². The summed E-state index contributed by atoms with van der Waals surface area (Å²) >= 11 is 0. The molecule has 0 bridgehead atoms. The van der Waals surface area contributed by atoms with E-state index in [0.29, 0.717) is 0 Å². The molecule has 7 nitrogen and oxygen atoms in total. The molecule has 3 fully saturated rings. The topological polar surface area (TPSA) is 107 Å². The lowest BCUT2D eigenvalue weighted by molar-refractivity contribution is -0.229. The molecule has 0 aromatic carbocycles. The Morgan fingerprint density at radius 3 is 2.51 bits per heavy atom. The summed E-state index contributed by atoms with van der Waals surface area (Å²) in [4.78, 5) is 50.3. The monoisotopic (exact) mass is 522 g/mol. The number of aliphatic hydroxyl groups is 1. The zero-order valence-corrected chi connectivity index (χ0v) is 22.0. The van der Waals surface area contributed by atoms with Gasteiger partial charge in [-0.15, -0.1) is 0 Å². The normalized spacial score (nSPS) is 42.4. The number of halogens is 2. The van der Waals surface area contributed by atoms with Crippen LogP contribution >= 0.6 is 0 Å². The van der Waals surface area contributed by atoms with Crippen LogP contribution < -0.4 is 0 Å². The molecule has 5 unspecified atom stereocenters. The zero-order valence-electron chi connectivity index (χ0n) is 22.0. The molecule has 3 saturated carbocycles. The number of alkyl halides is 2. The molecule has 0 aliphatic heterocycles. The third kappa shape index (κ3) is 3.74. The van der Waals surface area contributed by atoms with Crippen LogP contribution in [0.5, 0.6) is 0 Å². The quantitative estimate of drug-likeness (QED) is 0.529. The summed E-state index contributed by atoms with van der Waals surface area (Å²) < 4.78 is 43.9.